The van der Waals surface area contributed by atoms with Crippen molar-refractivity contribution in [2.45, 2.75) is 6.54 Å². The van der Waals surface area contributed by atoms with Gasteiger partial charge in [0.05, 0.1) is 36.0 Å². The highest BCUT2D eigenvalue weighted by molar-refractivity contribution is 6.06. The number of carbonyl (C=O) groups is 1. The standard InChI is InChI=1S/C23H22N4O2/c1-26(12-13-28)23(29)19-14-21(18-10-6-3-7-11-18)25-22-20(19)15-24-27(22)16-17-8-4-2-5-9-17/h2-11,14-15,28H,12-13,16H2,1H3. The van der Waals surface area contributed by atoms with Crippen molar-refractivity contribution in [1.82, 2.24) is 19.7 Å². The van der Waals surface area contributed by atoms with Gasteiger partial charge in [0.15, 0.2) is 5.65 Å². The van der Waals surface area contributed by atoms with Crippen molar-refractivity contribution in [2.75, 3.05) is 20.2 Å². The second kappa shape index (κ2) is 8.24. The van der Waals surface area contributed by atoms with Gasteiger partial charge in [-0.15, -0.1) is 0 Å². The first-order chi connectivity index (χ1) is 14.2. The fourth-order valence-electron chi connectivity index (χ4n) is 3.31. The van der Waals surface area contributed by atoms with E-state index in [2.05, 4.69) is 5.10 Å². The van der Waals surface area contributed by atoms with Gasteiger partial charge in [0.25, 0.3) is 5.91 Å². The monoisotopic (exact) mass is 386 g/mol. The first kappa shape index (κ1) is 18.8. The number of aromatic nitrogens is 3. The number of amides is 1. The molecule has 0 unspecified atom stereocenters. The van der Waals surface area contributed by atoms with E-state index in [9.17, 15) is 9.90 Å². The normalized spacial score (nSPS) is 11.0. The molecule has 0 saturated carbocycles. The van der Waals surface area contributed by atoms with E-state index in [1.54, 1.807) is 13.2 Å². The summed E-state index contributed by atoms with van der Waals surface area (Å²) in [5.74, 6) is -0.164. The maximum atomic E-state index is 13.0. The smallest absolute Gasteiger partial charge is 0.254 e. The van der Waals surface area contributed by atoms with Crippen molar-refractivity contribution in [3.05, 3.63) is 84.1 Å². The predicted octanol–water partition coefficient (Wildman–Crippen LogP) is 3.21. The lowest BCUT2D eigenvalue weighted by atomic mass is 10.1. The highest BCUT2D eigenvalue weighted by atomic mass is 16.3. The summed E-state index contributed by atoms with van der Waals surface area (Å²) in [7, 11) is 1.68. The van der Waals surface area contributed by atoms with Gasteiger partial charge in [0.2, 0.25) is 0 Å². The lowest BCUT2D eigenvalue weighted by molar-refractivity contribution is 0.0769. The summed E-state index contributed by atoms with van der Waals surface area (Å²) in [5.41, 5.74) is 3.95. The number of nitrogens with zero attached hydrogens (tertiary/aromatic N) is 4. The Kier molecular flexibility index (Phi) is 5.35. The van der Waals surface area contributed by atoms with Crippen LogP contribution in [0.5, 0.6) is 0 Å². The van der Waals surface area contributed by atoms with E-state index in [0.717, 1.165) is 11.1 Å². The number of carbonyl (C=O) groups excluding carboxylic acids is 1. The number of aliphatic hydroxyl groups is 1. The number of fused-ring (bicyclic) bond motifs is 1. The molecule has 0 atom stereocenters. The van der Waals surface area contributed by atoms with Gasteiger partial charge in [-0.2, -0.15) is 5.10 Å². The van der Waals surface area contributed by atoms with Gasteiger partial charge < -0.3 is 10.0 Å². The minimum Gasteiger partial charge on any atom is -0.395 e. The van der Waals surface area contributed by atoms with E-state index in [1.807, 2.05) is 71.4 Å². The van der Waals surface area contributed by atoms with Crippen molar-refractivity contribution < 1.29 is 9.90 Å². The van der Waals surface area contributed by atoms with Gasteiger partial charge in [-0.3, -0.25) is 4.79 Å². The average molecular weight is 386 g/mol. The van der Waals surface area contributed by atoms with Crippen LogP contribution < -0.4 is 0 Å². The quantitative estimate of drug-likeness (QED) is 0.552. The van der Waals surface area contributed by atoms with Crippen LogP contribution in [0.25, 0.3) is 22.3 Å². The van der Waals surface area contributed by atoms with Crippen LogP contribution in [0, 0.1) is 0 Å². The number of hydrogen-bond donors (Lipinski definition) is 1. The molecule has 0 fully saturated rings. The number of benzene rings is 2. The number of likely N-dealkylation sites (N-methyl/N-ethyl adjacent to an activating group) is 1. The molecule has 0 radical (unpaired) electrons. The van der Waals surface area contributed by atoms with E-state index >= 15 is 0 Å². The Morgan fingerprint density at radius 3 is 2.45 bits per heavy atom. The molecule has 1 amide bonds. The fraction of sp³-hybridized carbons (Fsp3) is 0.174. The molecular weight excluding hydrogens is 364 g/mol. The Hall–Kier alpha value is -3.51. The third-order valence-corrected chi connectivity index (χ3v) is 4.87. The molecule has 1 N–H and O–H groups in total. The van der Waals surface area contributed by atoms with Crippen LogP contribution in [-0.4, -0.2) is 50.9 Å². The second-order valence-electron chi connectivity index (χ2n) is 6.90. The second-order valence-corrected chi connectivity index (χ2v) is 6.90. The summed E-state index contributed by atoms with van der Waals surface area (Å²) in [6, 6.07) is 21.6. The van der Waals surface area contributed by atoms with E-state index in [0.29, 0.717) is 28.8 Å². The maximum absolute atomic E-state index is 13.0. The zero-order valence-electron chi connectivity index (χ0n) is 16.2. The molecule has 0 aliphatic rings. The summed E-state index contributed by atoms with van der Waals surface area (Å²) in [6.45, 7) is 0.743. The van der Waals surface area contributed by atoms with Crippen molar-refractivity contribution in [3.63, 3.8) is 0 Å². The summed E-state index contributed by atoms with van der Waals surface area (Å²) in [6.07, 6.45) is 1.69. The molecule has 29 heavy (non-hydrogen) atoms. The van der Waals surface area contributed by atoms with Gasteiger partial charge >= 0.3 is 0 Å². The Labute approximate surface area is 169 Å². The SMILES string of the molecule is CN(CCO)C(=O)c1cc(-c2ccccc2)nc2c1cnn2Cc1ccccc1. The minimum absolute atomic E-state index is 0.0880. The highest BCUT2D eigenvalue weighted by Crippen LogP contribution is 2.26. The first-order valence-corrected chi connectivity index (χ1v) is 9.49. The van der Waals surface area contributed by atoms with Crippen molar-refractivity contribution in [3.8, 4) is 11.3 Å². The van der Waals surface area contributed by atoms with Crippen LogP contribution in [0.1, 0.15) is 15.9 Å². The summed E-state index contributed by atoms with van der Waals surface area (Å²) in [4.78, 5) is 19.4. The average Bonchev–Trinajstić information content (AvgIpc) is 3.17. The minimum atomic E-state index is -0.164. The zero-order valence-corrected chi connectivity index (χ0v) is 16.2. The Bertz CT molecular complexity index is 1120. The number of rotatable bonds is 6. The predicted molar refractivity (Wildman–Crippen MR) is 113 cm³/mol. The molecule has 4 aromatic rings. The summed E-state index contributed by atoms with van der Waals surface area (Å²) < 4.78 is 1.82. The fourth-order valence-corrected chi connectivity index (χ4v) is 3.31. The number of hydrogen-bond acceptors (Lipinski definition) is 4. The van der Waals surface area contributed by atoms with Gasteiger partial charge in [-0.1, -0.05) is 60.7 Å². The lowest BCUT2D eigenvalue weighted by Crippen LogP contribution is -2.29. The molecule has 6 heteroatoms. The zero-order chi connectivity index (χ0) is 20.2. The van der Waals surface area contributed by atoms with Crippen LogP contribution in [0.15, 0.2) is 72.9 Å². The summed E-state index contributed by atoms with van der Waals surface area (Å²) >= 11 is 0. The van der Waals surface area contributed by atoms with Gasteiger partial charge in [0.1, 0.15) is 0 Å². The van der Waals surface area contributed by atoms with Gasteiger partial charge in [-0.25, -0.2) is 9.67 Å². The highest BCUT2D eigenvalue weighted by Gasteiger charge is 2.20. The molecule has 2 aromatic carbocycles. The van der Waals surface area contributed by atoms with Crippen LogP contribution in [0.4, 0.5) is 0 Å². The van der Waals surface area contributed by atoms with Gasteiger partial charge in [0, 0.05) is 19.2 Å². The van der Waals surface area contributed by atoms with E-state index in [4.69, 9.17) is 4.98 Å². The first-order valence-electron chi connectivity index (χ1n) is 9.49. The van der Waals surface area contributed by atoms with Crippen LogP contribution >= 0.6 is 0 Å². The Morgan fingerprint density at radius 1 is 1.07 bits per heavy atom. The van der Waals surface area contributed by atoms with E-state index in [-0.39, 0.29) is 19.1 Å². The van der Waals surface area contributed by atoms with Crippen LogP contribution in [-0.2, 0) is 6.54 Å². The molecule has 0 bridgehead atoms. The lowest BCUT2D eigenvalue weighted by Gasteiger charge is -2.17. The third kappa shape index (κ3) is 3.88. The topological polar surface area (TPSA) is 71.2 Å². The molecule has 6 nitrogen and oxygen atoms in total. The van der Waals surface area contributed by atoms with Crippen LogP contribution in [0.3, 0.4) is 0 Å². The van der Waals surface area contributed by atoms with Gasteiger partial charge in [-0.05, 0) is 11.6 Å². The van der Waals surface area contributed by atoms with E-state index in [1.165, 1.54) is 4.90 Å². The van der Waals surface area contributed by atoms with Crippen LogP contribution in [0.2, 0.25) is 0 Å². The molecule has 0 saturated heterocycles. The van der Waals surface area contributed by atoms with Crippen molar-refractivity contribution in [2.24, 2.45) is 0 Å². The number of pyridine rings is 1. The molecule has 146 valence electrons. The molecule has 2 heterocycles. The molecule has 2 aromatic heterocycles. The summed E-state index contributed by atoms with van der Waals surface area (Å²) in [5, 5.41) is 14.4. The molecule has 0 aliphatic heterocycles. The molecular formula is C23H22N4O2. The largest absolute Gasteiger partial charge is 0.395 e. The maximum Gasteiger partial charge on any atom is 0.254 e. The number of aliphatic hydroxyl groups excluding tert-OH is 1. The van der Waals surface area contributed by atoms with Crippen molar-refractivity contribution >= 4 is 16.9 Å². The Balaban J connectivity index is 1.86. The molecule has 4 rings (SSSR count). The third-order valence-electron chi connectivity index (χ3n) is 4.87. The van der Waals surface area contributed by atoms with Crippen molar-refractivity contribution in [1.29, 1.82) is 0 Å². The molecule has 0 aliphatic carbocycles. The van der Waals surface area contributed by atoms with E-state index < -0.39 is 0 Å². The Morgan fingerprint density at radius 2 is 1.76 bits per heavy atom. The molecule has 0 spiro atoms.